The van der Waals surface area contributed by atoms with Gasteiger partial charge in [-0.1, -0.05) is 18.2 Å². The summed E-state index contributed by atoms with van der Waals surface area (Å²) < 4.78 is 5.58. The summed E-state index contributed by atoms with van der Waals surface area (Å²) in [5.41, 5.74) is 1.15. The van der Waals surface area contributed by atoms with Crippen molar-refractivity contribution in [2.45, 2.75) is 12.8 Å². The Balaban J connectivity index is 0.00000243. The van der Waals surface area contributed by atoms with Crippen molar-refractivity contribution in [3.63, 3.8) is 0 Å². The fourth-order valence-electron chi connectivity index (χ4n) is 2.71. The molecule has 2 aromatic rings. The number of hydroxylamine groups is 2. The molecule has 1 aliphatic heterocycles. The van der Waals surface area contributed by atoms with Crippen LogP contribution in [-0.2, 0) is 9.63 Å². The molecule has 26 heavy (non-hydrogen) atoms. The molecule has 0 saturated carbocycles. The van der Waals surface area contributed by atoms with Crippen molar-refractivity contribution in [1.29, 1.82) is 0 Å². The minimum Gasteiger partial charge on any atom is -0.494 e. The van der Waals surface area contributed by atoms with Gasteiger partial charge in [0.15, 0.2) is 0 Å². The number of rotatable bonds is 7. The third kappa shape index (κ3) is 6.20. The van der Waals surface area contributed by atoms with E-state index in [0.717, 1.165) is 24.5 Å². The molecule has 0 radical (unpaired) electrons. The number of carbonyl (C=O) groups is 1. The van der Waals surface area contributed by atoms with Crippen LogP contribution in [0.15, 0.2) is 54.9 Å². The van der Waals surface area contributed by atoms with Gasteiger partial charge in [0, 0.05) is 31.2 Å². The summed E-state index contributed by atoms with van der Waals surface area (Å²) in [7, 11) is 0. The Morgan fingerprint density at radius 2 is 1.69 bits per heavy atom. The SMILES string of the molecule is Cl.O=C(CCCOc1ccccc1)ON1CCN(c2ccncc2)CC1. The van der Waals surface area contributed by atoms with Crippen LogP contribution in [0.2, 0.25) is 0 Å². The molecule has 0 spiro atoms. The molecule has 0 bridgehead atoms. The molecular weight excluding hydrogens is 354 g/mol. The predicted molar refractivity (Wildman–Crippen MR) is 103 cm³/mol. The van der Waals surface area contributed by atoms with Crippen LogP contribution in [0.5, 0.6) is 5.75 Å². The van der Waals surface area contributed by atoms with Crippen LogP contribution in [-0.4, -0.2) is 48.8 Å². The van der Waals surface area contributed by atoms with Crippen molar-refractivity contribution in [3.05, 3.63) is 54.9 Å². The van der Waals surface area contributed by atoms with Crippen molar-refractivity contribution in [1.82, 2.24) is 10.0 Å². The second-order valence-corrected chi connectivity index (χ2v) is 5.85. The number of pyridine rings is 1. The van der Waals surface area contributed by atoms with Gasteiger partial charge in [-0.3, -0.25) is 9.78 Å². The van der Waals surface area contributed by atoms with Crippen molar-refractivity contribution < 1.29 is 14.4 Å². The normalized spacial score (nSPS) is 14.4. The summed E-state index contributed by atoms with van der Waals surface area (Å²) in [4.78, 5) is 23.7. The topological polar surface area (TPSA) is 54.9 Å². The van der Waals surface area contributed by atoms with Crippen LogP contribution in [0.1, 0.15) is 12.8 Å². The van der Waals surface area contributed by atoms with E-state index in [4.69, 9.17) is 9.57 Å². The predicted octanol–water partition coefficient (Wildman–Crippen LogP) is 2.94. The molecule has 140 valence electrons. The molecule has 1 aliphatic rings. The van der Waals surface area contributed by atoms with Crippen LogP contribution in [0, 0.1) is 0 Å². The van der Waals surface area contributed by atoms with Crippen LogP contribution >= 0.6 is 12.4 Å². The van der Waals surface area contributed by atoms with Gasteiger partial charge in [0.25, 0.3) is 0 Å². The highest BCUT2D eigenvalue weighted by Crippen LogP contribution is 2.15. The lowest BCUT2D eigenvalue weighted by atomic mass is 10.3. The summed E-state index contributed by atoms with van der Waals surface area (Å²) in [6.07, 6.45) is 4.58. The average molecular weight is 378 g/mol. The molecule has 0 aliphatic carbocycles. The summed E-state index contributed by atoms with van der Waals surface area (Å²) in [6.45, 7) is 3.57. The minimum atomic E-state index is -0.200. The lowest BCUT2D eigenvalue weighted by Crippen LogP contribution is -2.47. The molecule has 1 fully saturated rings. The van der Waals surface area contributed by atoms with E-state index in [1.54, 1.807) is 17.5 Å². The molecule has 1 aromatic heterocycles. The number of para-hydroxylation sites is 1. The van der Waals surface area contributed by atoms with Crippen molar-refractivity contribution in [3.8, 4) is 5.75 Å². The number of piperazine rings is 1. The zero-order valence-corrected chi connectivity index (χ0v) is 15.4. The molecule has 2 heterocycles. The smallest absolute Gasteiger partial charge is 0.325 e. The molecule has 1 saturated heterocycles. The van der Waals surface area contributed by atoms with E-state index >= 15 is 0 Å². The van der Waals surface area contributed by atoms with E-state index in [0.29, 0.717) is 32.5 Å². The Hall–Kier alpha value is -2.31. The van der Waals surface area contributed by atoms with E-state index in [1.807, 2.05) is 42.5 Å². The van der Waals surface area contributed by atoms with E-state index in [-0.39, 0.29) is 18.4 Å². The zero-order valence-electron chi connectivity index (χ0n) is 14.6. The number of hydrogen-bond acceptors (Lipinski definition) is 6. The largest absolute Gasteiger partial charge is 0.494 e. The summed E-state index contributed by atoms with van der Waals surface area (Å²) in [5.74, 6) is 0.622. The molecule has 0 unspecified atom stereocenters. The highest BCUT2D eigenvalue weighted by Gasteiger charge is 2.20. The average Bonchev–Trinajstić information content (AvgIpc) is 2.67. The van der Waals surface area contributed by atoms with Crippen LogP contribution in [0.3, 0.4) is 0 Å². The van der Waals surface area contributed by atoms with Crippen LogP contribution in [0.4, 0.5) is 5.69 Å². The van der Waals surface area contributed by atoms with Gasteiger partial charge in [-0.25, -0.2) is 0 Å². The lowest BCUT2D eigenvalue weighted by molar-refractivity contribution is -0.191. The number of ether oxygens (including phenoxy) is 1. The van der Waals surface area contributed by atoms with E-state index < -0.39 is 0 Å². The number of anilines is 1. The Kier molecular flexibility index (Phi) is 8.18. The van der Waals surface area contributed by atoms with Gasteiger partial charge in [-0.2, -0.15) is 0 Å². The summed E-state index contributed by atoms with van der Waals surface area (Å²) >= 11 is 0. The number of hydrogen-bond donors (Lipinski definition) is 0. The fraction of sp³-hybridized carbons (Fsp3) is 0.368. The zero-order chi connectivity index (χ0) is 17.3. The highest BCUT2D eigenvalue weighted by atomic mass is 35.5. The van der Waals surface area contributed by atoms with Gasteiger partial charge in [0.2, 0.25) is 0 Å². The second-order valence-electron chi connectivity index (χ2n) is 5.85. The second kappa shape index (κ2) is 10.6. The lowest BCUT2D eigenvalue weighted by Gasteiger charge is -2.34. The molecule has 6 nitrogen and oxygen atoms in total. The number of aromatic nitrogens is 1. The van der Waals surface area contributed by atoms with E-state index in [2.05, 4.69) is 9.88 Å². The number of carbonyl (C=O) groups excluding carboxylic acids is 1. The Bertz CT molecular complexity index is 650. The third-order valence-corrected chi connectivity index (χ3v) is 4.03. The Morgan fingerprint density at radius 1 is 1.00 bits per heavy atom. The van der Waals surface area contributed by atoms with Gasteiger partial charge in [-0.15, -0.1) is 17.5 Å². The number of halogens is 1. The third-order valence-electron chi connectivity index (χ3n) is 4.03. The van der Waals surface area contributed by atoms with Crippen molar-refractivity contribution >= 4 is 24.1 Å². The first-order valence-corrected chi connectivity index (χ1v) is 8.60. The molecular formula is C19H24ClN3O3. The van der Waals surface area contributed by atoms with Gasteiger partial charge in [0.05, 0.1) is 26.1 Å². The quantitative estimate of drug-likeness (QED) is 0.691. The van der Waals surface area contributed by atoms with Gasteiger partial charge < -0.3 is 14.5 Å². The molecule has 0 N–H and O–H groups in total. The van der Waals surface area contributed by atoms with Crippen LogP contribution in [0.25, 0.3) is 0 Å². The summed E-state index contributed by atoms with van der Waals surface area (Å²) in [5, 5.41) is 1.75. The molecule has 0 atom stereocenters. The fourth-order valence-corrected chi connectivity index (χ4v) is 2.71. The van der Waals surface area contributed by atoms with Crippen molar-refractivity contribution in [2.75, 3.05) is 37.7 Å². The highest BCUT2D eigenvalue weighted by molar-refractivity contribution is 5.85. The first-order chi connectivity index (χ1) is 12.3. The van der Waals surface area contributed by atoms with Crippen molar-refractivity contribution in [2.24, 2.45) is 0 Å². The van der Waals surface area contributed by atoms with Gasteiger partial charge in [0.1, 0.15) is 5.75 Å². The van der Waals surface area contributed by atoms with Gasteiger partial charge >= 0.3 is 5.97 Å². The maximum Gasteiger partial charge on any atom is 0.325 e. The molecule has 1 aromatic carbocycles. The Morgan fingerprint density at radius 3 is 2.38 bits per heavy atom. The molecule has 0 amide bonds. The first-order valence-electron chi connectivity index (χ1n) is 8.60. The molecule has 7 heteroatoms. The monoisotopic (exact) mass is 377 g/mol. The van der Waals surface area contributed by atoms with Crippen LogP contribution < -0.4 is 9.64 Å². The Labute approximate surface area is 160 Å². The van der Waals surface area contributed by atoms with E-state index in [1.165, 1.54) is 0 Å². The standard InChI is InChI=1S/C19H23N3O3.ClH/c23-19(7-4-16-24-18-5-2-1-3-6-18)25-22-14-12-21(13-15-22)17-8-10-20-11-9-17;/h1-3,5-6,8-11H,4,7,12-16H2;1H. The maximum absolute atomic E-state index is 11.9. The van der Waals surface area contributed by atoms with Gasteiger partial charge in [-0.05, 0) is 30.7 Å². The minimum absolute atomic E-state index is 0. The van der Waals surface area contributed by atoms with E-state index in [9.17, 15) is 4.79 Å². The number of nitrogens with zero attached hydrogens (tertiary/aromatic N) is 3. The number of benzene rings is 1. The maximum atomic E-state index is 11.9. The summed E-state index contributed by atoms with van der Waals surface area (Å²) in [6, 6.07) is 13.6. The molecule has 3 rings (SSSR count). The first kappa shape index (κ1) is 20.0.